The Morgan fingerprint density at radius 2 is 1.75 bits per heavy atom. The molecule has 1 rings (SSSR count). The number of amides is 1. The number of carbonyl (C=O) groups excluding carboxylic acids is 1. The topological polar surface area (TPSA) is 82.1 Å². The molecule has 1 amide bonds. The van der Waals surface area contributed by atoms with E-state index in [0.29, 0.717) is 13.0 Å². The fourth-order valence-corrected chi connectivity index (χ4v) is 4.28. The number of rotatable bonds is 6. The third-order valence-electron chi connectivity index (χ3n) is 4.94. The van der Waals surface area contributed by atoms with E-state index in [-0.39, 0.29) is 23.8 Å². The minimum absolute atomic E-state index is 0.0642. The van der Waals surface area contributed by atoms with Crippen molar-refractivity contribution in [1.29, 1.82) is 0 Å². The van der Waals surface area contributed by atoms with Crippen LogP contribution in [0.4, 0.5) is 4.79 Å². The van der Waals surface area contributed by atoms with Gasteiger partial charge >= 0.3 is 6.09 Å². The molecule has 1 aliphatic rings. The number of hydrogen-bond acceptors (Lipinski definition) is 6. The monoisotopic (exact) mass is 435 g/mol. The van der Waals surface area contributed by atoms with Gasteiger partial charge in [0.2, 0.25) is 0 Å². The van der Waals surface area contributed by atoms with Crippen molar-refractivity contribution >= 4 is 24.5 Å². The molecular formula is C19H37NO6SSi. The molecule has 28 heavy (non-hydrogen) atoms. The number of nitrogens with zero attached hydrogens (tertiary/aromatic N) is 1. The quantitative estimate of drug-likeness (QED) is 0.357. The molecule has 1 saturated heterocycles. The van der Waals surface area contributed by atoms with Gasteiger partial charge in [-0.2, -0.15) is 8.42 Å². The van der Waals surface area contributed by atoms with E-state index in [2.05, 4.69) is 33.9 Å². The van der Waals surface area contributed by atoms with Crippen LogP contribution in [0.5, 0.6) is 0 Å². The van der Waals surface area contributed by atoms with Crippen LogP contribution in [0.2, 0.25) is 18.1 Å². The van der Waals surface area contributed by atoms with E-state index in [1.54, 1.807) is 17.1 Å². The molecule has 0 aromatic rings. The molecule has 0 radical (unpaired) electrons. The van der Waals surface area contributed by atoms with Crippen molar-refractivity contribution in [2.24, 2.45) is 0 Å². The van der Waals surface area contributed by atoms with E-state index < -0.39 is 30.1 Å². The van der Waals surface area contributed by atoms with Gasteiger partial charge < -0.3 is 9.16 Å². The van der Waals surface area contributed by atoms with E-state index in [4.69, 9.17) is 13.3 Å². The van der Waals surface area contributed by atoms with Gasteiger partial charge in [0.25, 0.3) is 10.1 Å². The number of hydrogen-bond donors (Lipinski definition) is 0. The second-order valence-electron chi connectivity index (χ2n) is 9.85. The van der Waals surface area contributed by atoms with E-state index in [9.17, 15) is 13.2 Å². The lowest BCUT2D eigenvalue weighted by atomic mass is 10.2. The molecule has 7 nitrogen and oxygen atoms in total. The normalized spacial score (nSPS) is 22.1. The summed E-state index contributed by atoms with van der Waals surface area (Å²) in [6.45, 7) is 16.8. The highest BCUT2D eigenvalue weighted by Crippen LogP contribution is 2.39. The lowest BCUT2D eigenvalue weighted by Crippen LogP contribution is -2.45. The largest absolute Gasteiger partial charge is 0.444 e. The molecule has 0 aromatic heterocycles. The Bertz CT molecular complexity index is 676. The molecule has 1 heterocycles. The summed E-state index contributed by atoms with van der Waals surface area (Å²) in [6, 6.07) is -0.229. The van der Waals surface area contributed by atoms with Crippen molar-refractivity contribution in [1.82, 2.24) is 4.90 Å². The van der Waals surface area contributed by atoms with Crippen molar-refractivity contribution in [3.63, 3.8) is 0 Å². The Hall–Kier alpha value is -0.903. The maximum absolute atomic E-state index is 12.7. The molecule has 0 aromatic carbocycles. The Morgan fingerprint density at radius 1 is 1.18 bits per heavy atom. The van der Waals surface area contributed by atoms with Crippen LogP contribution in [-0.2, 0) is 23.5 Å². The van der Waals surface area contributed by atoms with Crippen LogP contribution in [0.1, 0.15) is 48.0 Å². The van der Waals surface area contributed by atoms with Crippen molar-refractivity contribution in [3.05, 3.63) is 12.2 Å². The van der Waals surface area contributed by atoms with Crippen LogP contribution in [0.3, 0.4) is 0 Å². The summed E-state index contributed by atoms with van der Waals surface area (Å²) >= 11 is 0. The molecule has 9 heteroatoms. The SMILES string of the molecule is CC(C)(C)OC(=O)N1C[C@H](O[Si](C)(C)C(C)(C)C)C[C@H]1/C=C/COS(C)(=O)=O. The molecule has 2 atom stereocenters. The van der Waals surface area contributed by atoms with Crippen molar-refractivity contribution in [3.8, 4) is 0 Å². The summed E-state index contributed by atoms with van der Waals surface area (Å²) in [5.74, 6) is 0. The first-order valence-corrected chi connectivity index (χ1v) is 14.3. The second kappa shape index (κ2) is 8.85. The molecule has 0 bridgehead atoms. The first kappa shape index (κ1) is 25.1. The van der Waals surface area contributed by atoms with Gasteiger partial charge in [0.15, 0.2) is 8.32 Å². The average Bonchev–Trinajstić information content (AvgIpc) is 2.81. The fraction of sp³-hybridized carbons (Fsp3) is 0.842. The van der Waals surface area contributed by atoms with Gasteiger partial charge in [-0.3, -0.25) is 9.08 Å². The maximum Gasteiger partial charge on any atom is 0.410 e. The molecule has 0 spiro atoms. The van der Waals surface area contributed by atoms with Crippen LogP contribution in [-0.4, -0.2) is 64.9 Å². The molecule has 0 N–H and O–H groups in total. The van der Waals surface area contributed by atoms with Gasteiger partial charge in [0.1, 0.15) is 5.60 Å². The van der Waals surface area contributed by atoms with Crippen LogP contribution in [0, 0.1) is 0 Å². The molecule has 1 fully saturated rings. The average molecular weight is 436 g/mol. The smallest absolute Gasteiger partial charge is 0.410 e. The predicted octanol–water partition coefficient (Wildman–Crippen LogP) is 3.92. The molecule has 0 unspecified atom stereocenters. The fourth-order valence-electron chi connectivity index (χ4n) is 2.59. The predicted molar refractivity (Wildman–Crippen MR) is 113 cm³/mol. The highest BCUT2D eigenvalue weighted by atomic mass is 32.2. The summed E-state index contributed by atoms with van der Waals surface area (Å²) in [6.07, 6.45) is 4.58. The second-order valence-corrected chi connectivity index (χ2v) is 16.3. The van der Waals surface area contributed by atoms with Gasteiger partial charge in [-0.05, 0) is 45.3 Å². The van der Waals surface area contributed by atoms with Gasteiger partial charge in [0.05, 0.1) is 25.0 Å². The Labute approximate surface area is 171 Å². The summed E-state index contributed by atoms with van der Waals surface area (Å²) < 4.78 is 39.0. The maximum atomic E-state index is 12.7. The van der Waals surface area contributed by atoms with Gasteiger partial charge in [-0.25, -0.2) is 4.79 Å². The zero-order valence-corrected chi connectivity index (χ0v) is 20.6. The van der Waals surface area contributed by atoms with Gasteiger partial charge in [0, 0.05) is 6.54 Å². The van der Waals surface area contributed by atoms with Crippen molar-refractivity contribution < 1.29 is 26.6 Å². The third kappa shape index (κ3) is 8.22. The van der Waals surface area contributed by atoms with E-state index >= 15 is 0 Å². The first-order chi connectivity index (χ1) is 12.4. The van der Waals surface area contributed by atoms with Gasteiger partial charge in [-0.15, -0.1) is 0 Å². The van der Waals surface area contributed by atoms with Crippen LogP contribution in [0.15, 0.2) is 12.2 Å². The summed E-state index contributed by atoms with van der Waals surface area (Å²) in [5, 5.41) is 0.0704. The summed E-state index contributed by atoms with van der Waals surface area (Å²) in [5.41, 5.74) is -0.594. The molecular weight excluding hydrogens is 398 g/mol. The zero-order chi connectivity index (χ0) is 22.0. The van der Waals surface area contributed by atoms with Gasteiger partial charge in [-0.1, -0.05) is 32.9 Å². The lowest BCUT2D eigenvalue weighted by Gasteiger charge is -2.38. The van der Waals surface area contributed by atoms with Crippen LogP contribution < -0.4 is 0 Å². The number of carbonyl (C=O) groups is 1. The first-order valence-electron chi connectivity index (χ1n) is 9.60. The minimum atomic E-state index is -3.50. The van der Waals surface area contributed by atoms with E-state index in [1.807, 2.05) is 20.8 Å². The zero-order valence-electron chi connectivity index (χ0n) is 18.7. The van der Waals surface area contributed by atoms with E-state index in [1.165, 1.54) is 0 Å². The van der Waals surface area contributed by atoms with E-state index in [0.717, 1.165) is 6.26 Å². The summed E-state index contributed by atoms with van der Waals surface area (Å²) in [4.78, 5) is 14.3. The molecule has 0 saturated carbocycles. The minimum Gasteiger partial charge on any atom is -0.444 e. The summed E-state index contributed by atoms with van der Waals surface area (Å²) in [7, 11) is -5.48. The Morgan fingerprint density at radius 3 is 2.21 bits per heavy atom. The molecule has 0 aliphatic carbocycles. The van der Waals surface area contributed by atoms with Crippen molar-refractivity contribution in [2.75, 3.05) is 19.4 Å². The third-order valence-corrected chi connectivity index (χ3v) is 10.0. The standard InChI is InChI=1S/C19H37NO6SSi/c1-18(2,3)25-17(21)20-14-16(26-28(8,9)19(4,5)6)13-15(20)11-10-12-24-27(7,22)23/h10-11,15-16H,12-14H2,1-9H3/b11-10+/t15-,16-/m1/s1. The number of likely N-dealkylation sites (tertiary alicyclic amines) is 1. The Balaban J connectivity index is 2.92. The van der Waals surface area contributed by atoms with Crippen LogP contribution in [0.25, 0.3) is 0 Å². The van der Waals surface area contributed by atoms with Crippen molar-refractivity contribution in [2.45, 2.75) is 83.8 Å². The number of ether oxygens (including phenoxy) is 1. The lowest BCUT2D eigenvalue weighted by molar-refractivity contribution is 0.0237. The van der Waals surface area contributed by atoms with Crippen LogP contribution >= 0.6 is 0 Å². The Kier molecular flexibility index (Phi) is 7.94. The highest BCUT2D eigenvalue weighted by Gasteiger charge is 2.43. The molecule has 1 aliphatic heterocycles. The highest BCUT2D eigenvalue weighted by molar-refractivity contribution is 7.85. The molecule has 164 valence electrons.